The number of anilines is 1. The fourth-order valence-corrected chi connectivity index (χ4v) is 4.65. The van der Waals surface area contributed by atoms with Crippen LogP contribution in [0.2, 0.25) is 0 Å². The summed E-state index contributed by atoms with van der Waals surface area (Å²) in [6.45, 7) is 2.97. The molecule has 1 atom stereocenters. The Morgan fingerprint density at radius 1 is 1.33 bits per heavy atom. The topological polar surface area (TPSA) is 70.2 Å². The Kier molecular flexibility index (Phi) is 8.44. The quantitative estimate of drug-likeness (QED) is 0.781. The largest absolute Gasteiger partial charge is 0.314 e. The monoisotopic (exact) mass is 429 g/mol. The Morgan fingerprint density at radius 2 is 2.19 bits per heavy atom. The number of aryl methyl sites for hydroxylation is 2. The third-order valence-electron chi connectivity index (χ3n) is 4.86. The van der Waals surface area contributed by atoms with Gasteiger partial charge in [0, 0.05) is 42.9 Å². The molecule has 27 heavy (non-hydrogen) atoms. The van der Waals surface area contributed by atoms with Crippen molar-refractivity contribution < 1.29 is 4.79 Å². The molecule has 0 saturated carbocycles. The number of amides is 1. The van der Waals surface area contributed by atoms with Gasteiger partial charge in [-0.2, -0.15) is 0 Å². The summed E-state index contributed by atoms with van der Waals surface area (Å²) in [6, 6.07) is 4.20. The number of aromatic nitrogens is 2. The van der Waals surface area contributed by atoms with E-state index in [1.807, 2.05) is 12.3 Å². The minimum atomic E-state index is 0. The SMILES string of the molecule is Cl.Cl.O=C(CN1CCNCC1c1cccnc1)Nc1nc2c(s1)CCCC2. The molecule has 1 amide bonds. The van der Waals surface area contributed by atoms with Gasteiger partial charge in [0.15, 0.2) is 5.13 Å². The van der Waals surface area contributed by atoms with Crippen LogP contribution in [0.4, 0.5) is 5.13 Å². The van der Waals surface area contributed by atoms with Crippen LogP contribution in [0.3, 0.4) is 0 Å². The predicted octanol–water partition coefficient (Wildman–Crippen LogP) is 2.85. The average molecular weight is 430 g/mol. The Labute approximate surface area is 176 Å². The number of rotatable bonds is 4. The molecule has 0 spiro atoms. The van der Waals surface area contributed by atoms with Crippen molar-refractivity contribution in [2.45, 2.75) is 31.7 Å². The second-order valence-corrected chi connectivity index (χ2v) is 7.70. The first-order chi connectivity index (χ1) is 12.3. The number of nitrogens with one attached hydrogen (secondary N) is 2. The van der Waals surface area contributed by atoms with Gasteiger partial charge in [-0.15, -0.1) is 36.2 Å². The van der Waals surface area contributed by atoms with Gasteiger partial charge in [-0.1, -0.05) is 6.07 Å². The van der Waals surface area contributed by atoms with E-state index in [1.54, 1.807) is 17.5 Å². The number of halogens is 2. The lowest BCUT2D eigenvalue weighted by Gasteiger charge is -2.35. The highest BCUT2D eigenvalue weighted by Gasteiger charge is 2.26. The minimum absolute atomic E-state index is 0. The summed E-state index contributed by atoms with van der Waals surface area (Å²) in [5.74, 6) is 0.0156. The Hall–Kier alpha value is -1.25. The average Bonchev–Trinajstić information content (AvgIpc) is 3.05. The number of piperazine rings is 1. The van der Waals surface area contributed by atoms with Crippen LogP contribution in [0.5, 0.6) is 0 Å². The molecule has 1 fully saturated rings. The Balaban J connectivity index is 0.00000131. The summed E-state index contributed by atoms with van der Waals surface area (Å²) >= 11 is 1.64. The molecule has 2 aromatic rings. The third kappa shape index (κ3) is 5.39. The first-order valence-electron chi connectivity index (χ1n) is 8.93. The zero-order valence-electron chi connectivity index (χ0n) is 15.0. The standard InChI is InChI=1S/C18H23N5OS.2ClH/c24-17(22-18-21-14-5-1-2-6-16(14)25-18)12-23-9-8-20-11-15(23)13-4-3-7-19-10-13;;/h3-4,7,10,15,20H,1-2,5-6,8-9,11-12H2,(H,21,22,24);2*1H. The highest BCUT2D eigenvalue weighted by molar-refractivity contribution is 7.15. The van der Waals surface area contributed by atoms with Gasteiger partial charge in [-0.3, -0.25) is 14.7 Å². The molecule has 3 heterocycles. The highest BCUT2D eigenvalue weighted by atomic mass is 35.5. The lowest BCUT2D eigenvalue weighted by Crippen LogP contribution is -2.48. The van der Waals surface area contributed by atoms with E-state index in [0.717, 1.165) is 43.2 Å². The van der Waals surface area contributed by atoms with Crippen molar-refractivity contribution >= 4 is 47.2 Å². The highest BCUT2D eigenvalue weighted by Crippen LogP contribution is 2.29. The minimum Gasteiger partial charge on any atom is -0.314 e. The van der Waals surface area contributed by atoms with Crippen molar-refractivity contribution in [3.05, 3.63) is 40.7 Å². The van der Waals surface area contributed by atoms with Crippen molar-refractivity contribution in [1.29, 1.82) is 0 Å². The van der Waals surface area contributed by atoms with Crippen LogP contribution in [0.1, 0.15) is 35.0 Å². The van der Waals surface area contributed by atoms with E-state index in [1.165, 1.54) is 23.4 Å². The number of carbonyl (C=O) groups excluding carboxylic acids is 1. The number of pyridine rings is 1. The van der Waals surface area contributed by atoms with E-state index >= 15 is 0 Å². The van der Waals surface area contributed by atoms with Gasteiger partial charge < -0.3 is 10.6 Å². The molecular formula is C18H25Cl2N5OS. The van der Waals surface area contributed by atoms with Crippen LogP contribution >= 0.6 is 36.2 Å². The molecule has 1 aliphatic carbocycles. The lowest BCUT2D eigenvalue weighted by atomic mass is 10.0. The van der Waals surface area contributed by atoms with E-state index < -0.39 is 0 Å². The fraction of sp³-hybridized carbons (Fsp3) is 0.500. The number of fused-ring (bicyclic) bond motifs is 1. The van der Waals surface area contributed by atoms with Gasteiger partial charge in [0.05, 0.1) is 12.2 Å². The molecule has 4 rings (SSSR count). The van der Waals surface area contributed by atoms with Crippen LogP contribution in [0.15, 0.2) is 24.5 Å². The molecule has 1 unspecified atom stereocenters. The molecule has 0 bridgehead atoms. The molecule has 1 saturated heterocycles. The van der Waals surface area contributed by atoms with Crippen LogP contribution < -0.4 is 10.6 Å². The number of carbonyl (C=O) groups is 1. The smallest absolute Gasteiger partial charge is 0.240 e. The predicted molar refractivity (Wildman–Crippen MR) is 113 cm³/mol. The zero-order valence-corrected chi connectivity index (χ0v) is 17.5. The second kappa shape index (κ2) is 10.3. The van der Waals surface area contributed by atoms with Crippen molar-refractivity contribution in [2.24, 2.45) is 0 Å². The molecule has 1 aliphatic heterocycles. The van der Waals surface area contributed by atoms with Gasteiger partial charge in [-0.25, -0.2) is 4.98 Å². The van der Waals surface area contributed by atoms with E-state index in [2.05, 4.69) is 31.6 Å². The maximum absolute atomic E-state index is 12.5. The molecule has 2 aromatic heterocycles. The fourth-order valence-electron chi connectivity index (χ4n) is 3.59. The number of nitrogens with zero attached hydrogens (tertiary/aromatic N) is 3. The van der Waals surface area contributed by atoms with Gasteiger partial charge in [0.2, 0.25) is 5.91 Å². The summed E-state index contributed by atoms with van der Waals surface area (Å²) in [6.07, 6.45) is 8.25. The normalized spacial score (nSPS) is 19.3. The lowest BCUT2D eigenvalue weighted by molar-refractivity contribution is -0.118. The molecular weight excluding hydrogens is 405 g/mol. The molecule has 0 aromatic carbocycles. The number of thiazole rings is 1. The Morgan fingerprint density at radius 3 is 2.96 bits per heavy atom. The van der Waals surface area contributed by atoms with Crippen LogP contribution in [0.25, 0.3) is 0 Å². The van der Waals surface area contributed by atoms with Crippen molar-refractivity contribution in [2.75, 3.05) is 31.5 Å². The molecule has 2 N–H and O–H groups in total. The van der Waals surface area contributed by atoms with Crippen molar-refractivity contribution in [3.63, 3.8) is 0 Å². The number of hydrogen-bond donors (Lipinski definition) is 2. The van der Waals surface area contributed by atoms with Gasteiger partial charge in [0.25, 0.3) is 0 Å². The van der Waals surface area contributed by atoms with E-state index in [9.17, 15) is 4.79 Å². The molecule has 6 nitrogen and oxygen atoms in total. The first-order valence-corrected chi connectivity index (χ1v) is 9.74. The van der Waals surface area contributed by atoms with Crippen LogP contribution in [-0.4, -0.2) is 47.0 Å². The van der Waals surface area contributed by atoms with Crippen LogP contribution in [0, 0.1) is 0 Å². The van der Waals surface area contributed by atoms with Gasteiger partial charge >= 0.3 is 0 Å². The van der Waals surface area contributed by atoms with Gasteiger partial charge in [-0.05, 0) is 37.3 Å². The van der Waals surface area contributed by atoms with Crippen molar-refractivity contribution in [3.8, 4) is 0 Å². The summed E-state index contributed by atoms with van der Waals surface area (Å²) in [4.78, 5) is 24.9. The number of hydrogen-bond acceptors (Lipinski definition) is 6. The summed E-state index contributed by atoms with van der Waals surface area (Å²) in [5.41, 5.74) is 2.33. The molecule has 148 valence electrons. The van der Waals surface area contributed by atoms with Crippen LogP contribution in [-0.2, 0) is 17.6 Å². The maximum Gasteiger partial charge on any atom is 0.240 e. The Bertz CT molecular complexity index is 719. The summed E-state index contributed by atoms with van der Waals surface area (Å²) < 4.78 is 0. The van der Waals surface area contributed by atoms with E-state index in [0.29, 0.717) is 6.54 Å². The third-order valence-corrected chi connectivity index (χ3v) is 5.94. The van der Waals surface area contributed by atoms with E-state index in [4.69, 9.17) is 0 Å². The van der Waals surface area contributed by atoms with Crippen molar-refractivity contribution in [1.82, 2.24) is 20.2 Å². The second-order valence-electron chi connectivity index (χ2n) is 6.62. The summed E-state index contributed by atoms with van der Waals surface area (Å²) in [5, 5.41) is 7.17. The summed E-state index contributed by atoms with van der Waals surface area (Å²) in [7, 11) is 0. The molecule has 9 heteroatoms. The van der Waals surface area contributed by atoms with Gasteiger partial charge in [0.1, 0.15) is 0 Å². The molecule has 2 aliphatic rings. The zero-order chi connectivity index (χ0) is 17.1. The first kappa shape index (κ1) is 22.0. The van der Waals surface area contributed by atoms with E-state index in [-0.39, 0.29) is 36.8 Å². The molecule has 0 radical (unpaired) electrons. The maximum atomic E-state index is 12.5.